The van der Waals surface area contributed by atoms with E-state index in [0.29, 0.717) is 5.06 Å². The molecule has 1 rings (SSSR count). The summed E-state index contributed by atoms with van der Waals surface area (Å²) in [6, 6.07) is 0. The van der Waals surface area contributed by atoms with E-state index in [4.69, 9.17) is 9.84 Å². The molecule has 18 heavy (non-hydrogen) atoms. The zero-order valence-corrected chi connectivity index (χ0v) is 10.5. The number of imide groups is 1. The molecule has 2 amide bonds. The van der Waals surface area contributed by atoms with Crippen LogP contribution in [0.2, 0.25) is 0 Å². The number of aliphatic hydroxyl groups is 1. The topological polar surface area (TPSA) is 93.1 Å². The van der Waals surface area contributed by atoms with E-state index >= 15 is 0 Å². The van der Waals surface area contributed by atoms with Crippen LogP contribution in [0.15, 0.2) is 0 Å². The molecule has 0 aromatic carbocycles. The summed E-state index contributed by atoms with van der Waals surface area (Å²) in [5, 5.41) is 9.42. The fourth-order valence-corrected chi connectivity index (χ4v) is 1.26. The van der Waals surface area contributed by atoms with Crippen LogP contribution in [-0.4, -0.2) is 46.8 Å². The van der Waals surface area contributed by atoms with Crippen LogP contribution >= 0.6 is 0 Å². The van der Waals surface area contributed by atoms with Gasteiger partial charge in [-0.15, -0.1) is 5.06 Å². The van der Waals surface area contributed by atoms with Crippen LogP contribution in [0.25, 0.3) is 0 Å². The number of hydroxylamine groups is 2. The fourth-order valence-electron chi connectivity index (χ4n) is 1.26. The molecule has 0 radical (unpaired) electrons. The van der Waals surface area contributed by atoms with Crippen molar-refractivity contribution in [1.29, 1.82) is 0 Å². The standard InChI is InChI=1S/C11H17NO6/c1-11(2,7-13)17-6-5-10(16)18-12-8(14)3-4-9(12)15/h13H,3-7H2,1-2H3. The van der Waals surface area contributed by atoms with Gasteiger partial charge in [0.15, 0.2) is 0 Å². The molecule has 1 aliphatic rings. The van der Waals surface area contributed by atoms with Crippen LogP contribution < -0.4 is 0 Å². The number of rotatable bonds is 6. The van der Waals surface area contributed by atoms with E-state index < -0.39 is 23.4 Å². The molecule has 0 atom stereocenters. The van der Waals surface area contributed by atoms with Crippen molar-refractivity contribution in [1.82, 2.24) is 5.06 Å². The van der Waals surface area contributed by atoms with E-state index in [9.17, 15) is 14.4 Å². The van der Waals surface area contributed by atoms with E-state index in [-0.39, 0.29) is 32.5 Å². The monoisotopic (exact) mass is 259 g/mol. The molecule has 7 heteroatoms. The zero-order valence-electron chi connectivity index (χ0n) is 10.5. The van der Waals surface area contributed by atoms with Crippen molar-refractivity contribution in [3.05, 3.63) is 0 Å². The quantitative estimate of drug-likeness (QED) is 0.662. The first kappa shape index (κ1) is 14.6. The predicted molar refractivity (Wildman–Crippen MR) is 58.9 cm³/mol. The second kappa shape index (κ2) is 5.92. The molecule has 1 saturated heterocycles. The Morgan fingerprint density at radius 1 is 1.33 bits per heavy atom. The number of carbonyl (C=O) groups excluding carboxylic acids is 3. The van der Waals surface area contributed by atoms with Crippen molar-refractivity contribution >= 4 is 17.8 Å². The first-order valence-electron chi connectivity index (χ1n) is 5.67. The SMILES string of the molecule is CC(C)(CO)OCCC(=O)ON1C(=O)CCC1=O. The Balaban J connectivity index is 2.30. The molecule has 0 spiro atoms. The lowest BCUT2D eigenvalue weighted by Gasteiger charge is -2.22. The highest BCUT2D eigenvalue weighted by molar-refractivity contribution is 6.01. The van der Waals surface area contributed by atoms with Crippen molar-refractivity contribution in [2.24, 2.45) is 0 Å². The minimum Gasteiger partial charge on any atom is -0.393 e. The molecule has 1 aliphatic heterocycles. The number of nitrogens with zero attached hydrogens (tertiary/aromatic N) is 1. The number of aliphatic hydroxyl groups excluding tert-OH is 1. The molecule has 0 aliphatic carbocycles. The summed E-state index contributed by atoms with van der Waals surface area (Å²) >= 11 is 0. The number of carbonyl (C=O) groups is 3. The summed E-state index contributed by atoms with van der Waals surface area (Å²) in [5.41, 5.74) is -0.737. The van der Waals surface area contributed by atoms with Crippen molar-refractivity contribution in [3.63, 3.8) is 0 Å². The molecule has 0 aromatic rings. The molecular formula is C11H17NO6. The second-order valence-electron chi connectivity index (χ2n) is 4.56. The van der Waals surface area contributed by atoms with Gasteiger partial charge in [0.1, 0.15) is 0 Å². The van der Waals surface area contributed by atoms with Gasteiger partial charge in [-0.2, -0.15) is 0 Å². The number of amides is 2. The molecule has 1 heterocycles. The Bertz CT molecular complexity index is 335. The maximum absolute atomic E-state index is 11.4. The Morgan fingerprint density at radius 2 is 1.89 bits per heavy atom. The van der Waals surface area contributed by atoms with E-state index in [2.05, 4.69) is 4.84 Å². The predicted octanol–water partition coefficient (Wildman–Crippen LogP) is -0.229. The van der Waals surface area contributed by atoms with Gasteiger partial charge in [0.2, 0.25) is 0 Å². The minimum atomic E-state index is -0.737. The summed E-state index contributed by atoms with van der Waals surface area (Å²) in [7, 11) is 0. The minimum absolute atomic E-state index is 0.0443. The lowest BCUT2D eigenvalue weighted by atomic mass is 10.1. The average Bonchev–Trinajstić information content (AvgIpc) is 2.60. The molecule has 0 aromatic heterocycles. The zero-order chi connectivity index (χ0) is 13.8. The fraction of sp³-hybridized carbons (Fsp3) is 0.727. The Kier molecular flexibility index (Phi) is 4.80. The van der Waals surface area contributed by atoms with E-state index in [0.717, 1.165) is 0 Å². The highest BCUT2D eigenvalue weighted by Gasteiger charge is 2.32. The Morgan fingerprint density at radius 3 is 2.39 bits per heavy atom. The second-order valence-corrected chi connectivity index (χ2v) is 4.56. The summed E-state index contributed by atoms with van der Waals surface area (Å²) in [4.78, 5) is 38.3. The van der Waals surface area contributed by atoms with Gasteiger partial charge in [0.25, 0.3) is 11.8 Å². The molecule has 1 fully saturated rings. The smallest absolute Gasteiger partial charge is 0.335 e. The third-order valence-electron chi connectivity index (χ3n) is 2.38. The number of ether oxygens (including phenoxy) is 1. The maximum atomic E-state index is 11.4. The highest BCUT2D eigenvalue weighted by Crippen LogP contribution is 2.13. The lowest BCUT2D eigenvalue weighted by molar-refractivity contribution is -0.198. The van der Waals surface area contributed by atoms with Crippen LogP contribution in [0.1, 0.15) is 33.1 Å². The van der Waals surface area contributed by atoms with Gasteiger partial charge < -0.3 is 14.7 Å². The summed E-state index contributed by atoms with van der Waals surface area (Å²) in [5.74, 6) is -1.73. The average molecular weight is 259 g/mol. The van der Waals surface area contributed by atoms with Crippen LogP contribution in [-0.2, 0) is 24.0 Å². The van der Waals surface area contributed by atoms with E-state index in [1.165, 1.54) is 0 Å². The first-order chi connectivity index (χ1) is 8.35. The van der Waals surface area contributed by atoms with Gasteiger partial charge in [-0.25, -0.2) is 4.79 Å². The van der Waals surface area contributed by atoms with Gasteiger partial charge in [0, 0.05) is 12.8 Å². The Hall–Kier alpha value is -1.47. The van der Waals surface area contributed by atoms with Crippen molar-refractivity contribution in [2.45, 2.75) is 38.7 Å². The molecule has 0 saturated carbocycles. The van der Waals surface area contributed by atoms with Gasteiger partial charge in [-0.3, -0.25) is 9.59 Å². The van der Waals surface area contributed by atoms with Gasteiger partial charge in [-0.1, -0.05) is 0 Å². The molecule has 0 unspecified atom stereocenters. The largest absolute Gasteiger partial charge is 0.393 e. The van der Waals surface area contributed by atoms with Gasteiger partial charge in [0.05, 0.1) is 25.2 Å². The molecule has 7 nitrogen and oxygen atoms in total. The third-order valence-corrected chi connectivity index (χ3v) is 2.38. The summed E-state index contributed by atoms with van der Waals surface area (Å²) < 4.78 is 5.23. The first-order valence-corrected chi connectivity index (χ1v) is 5.67. The summed E-state index contributed by atoms with van der Waals surface area (Å²) in [6.07, 6.45) is 0.0425. The third kappa shape index (κ3) is 4.08. The van der Waals surface area contributed by atoms with Crippen LogP contribution in [0.4, 0.5) is 0 Å². The lowest BCUT2D eigenvalue weighted by Crippen LogP contribution is -2.33. The molecule has 1 N–H and O–H groups in total. The van der Waals surface area contributed by atoms with E-state index in [1.54, 1.807) is 13.8 Å². The van der Waals surface area contributed by atoms with Crippen molar-refractivity contribution in [2.75, 3.05) is 13.2 Å². The molecule has 102 valence electrons. The van der Waals surface area contributed by atoms with Crippen LogP contribution in [0, 0.1) is 0 Å². The molecule has 0 bridgehead atoms. The van der Waals surface area contributed by atoms with Crippen LogP contribution in [0.3, 0.4) is 0 Å². The molecular weight excluding hydrogens is 242 g/mol. The maximum Gasteiger partial charge on any atom is 0.335 e. The highest BCUT2D eigenvalue weighted by atomic mass is 16.7. The Labute approximate surface area is 105 Å². The van der Waals surface area contributed by atoms with Crippen molar-refractivity contribution in [3.8, 4) is 0 Å². The van der Waals surface area contributed by atoms with Crippen LogP contribution in [0.5, 0.6) is 0 Å². The van der Waals surface area contributed by atoms with Crippen molar-refractivity contribution < 1.29 is 29.1 Å². The van der Waals surface area contributed by atoms with Gasteiger partial charge >= 0.3 is 5.97 Å². The number of hydrogen-bond donors (Lipinski definition) is 1. The van der Waals surface area contributed by atoms with Gasteiger partial charge in [-0.05, 0) is 13.8 Å². The number of hydrogen-bond acceptors (Lipinski definition) is 6. The van der Waals surface area contributed by atoms with E-state index in [1.807, 2.05) is 0 Å². The summed E-state index contributed by atoms with van der Waals surface area (Å²) in [6.45, 7) is 3.21. The normalized spacial score (nSPS) is 16.3.